The summed E-state index contributed by atoms with van der Waals surface area (Å²) in [5, 5.41) is 10.9. The van der Waals surface area contributed by atoms with E-state index in [9.17, 15) is 14.7 Å². The van der Waals surface area contributed by atoms with Gasteiger partial charge in [-0.3, -0.25) is 9.59 Å². The van der Waals surface area contributed by atoms with E-state index in [1.165, 1.54) is 5.56 Å². The van der Waals surface area contributed by atoms with Gasteiger partial charge in [-0.05, 0) is 79.5 Å². The van der Waals surface area contributed by atoms with Crippen LogP contribution in [0.3, 0.4) is 0 Å². The molecule has 0 fully saturated rings. The van der Waals surface area contributed by atoms with E-state index in [0.29, 0.717) is 18.7 Å². The SMILES string of the molecule is C[C@H]1C(=O)N(C)C/C=C/CCCCN2CCCCc3cc(Cl)ccc3COc3ccc(cc32)[C@@H]1C(=O)O. The number of benzene rings is 2. The standard InChI is InChI=1S/C30H37ClN2O4/c1-21-28(30(35)36)23-12-14-27-26(19-23)33(16-8-5-3-4-7-15-32(2)29(21)34)17-9-6-10-22-18-25(31)13-11-24(22)20-37-27/h4,7,11-14,18-19,21,28H,3,5-6,8-10,15-17,20H2,1-2H3,(H,35,36)/b7-4+/t21-,28-/m1/s1. The van der Waals surface area contributed by atoms with Gasteiger partial charge in [-0.1, -0.05) is 42.8 Å². The smallest absolute Gasteiger partial charge is 0.311 e. The first-order valence-corrected chi connectivity index (χ1v) is 13.6. The molecule has 2 aromatic carbocycles. The van der Waals surface area contributed by atoms with Crippen LogP contribution in [0.15, 0.2) is 48.6 Å². The van der Waals surface area contributed by atoms with Crippen LogP contribution in [0.25, 0.3) is 0 Å². The highest BCUT2D eigenvalue weighted by molar-refractivity contribution is 6.30. The number of hydrogen-bond acceptors (Lipinski definition) is 4. The first-order chi connectivity index (χ1) is 17.8. The van der Waals surface area contributed by atoms with Crippen LogP contribution < -0.4 is 9.64 Å². The van der Waals surface area contributed by atoms with Crippen molar-refractivity contribution in [2.45, 2.75) is 58.0 Å². The lowest BCUT2D eigenvalue weighted by Gasteiger charge is -2.29. The molecule has 1 N–H and O–H groups in total. The molecule has 0 spiro atoms. The van der Waals surface area contributed by atoms with Gasteiger partial charge in [0.15, 0.2) is 0 Å². The van der Waals surface area contributed by atoms with Gasteiger partial charge in [-0.25, -0.2) is 0 Å². The zero-order chi connectivity index (χ0) is 26.4. The lowest BCUT2D eigenvalue weighted by molar-refractivity contribution is -0.145. The number of hydrogen-bond donors (Lipinski definition) is 1. The zero-order valence-corrected chi connectivity index (χ0v) is 22.5. The Morgan fingerprint density at radius 1 is 1.03 bits per heavy atom. The molecule has 2 aliphatic heterocycles. The van der Waals surface area contributed by atoms with Crippen LogP contribution in [0.1, 0.15) is 61.6 Å². The van der Waals surface area contributed by atoms with E-state index in [2.05, 4.69) is 11.0 Å². The average molecular weight is 525 g/mol. The third kappa shape index (κ3) is 6.67. The number of amides is 1. The van der Waals surface area contributed by atoms with E-state index in [-0.39, 0.29) is 5.91 Å². The van der Waals surface area contributed by atoms with E-state index >= 15 is 0 Å². The molecule has 0 radical (unpaired) electrons. The number of aryl methyl sites for hydroxylation is 1. The fourth-order valence-corrected chi connectivity index (χ4v) is 5.53. The summed E-state index contributed by atoms with van der Waals surface area (Å²) in [4.78, 5) is 29.5. The Hall–Kier alpha value is -2.99. The van der Waals surface area contributed by atoms with Gasteiger partial charge in [0.25, 0.3) is 0 Å². The molecule has 2 heterocycles. The van der Waals surface area contributed by atoms with Crippen LogP contribution >= 0.6 is 11.6 Å². The van der Waals surface area contributed by atoms with Crippen LogP contribution in [0.5, 0.6) is 5.75 Å². The molecule has 37 heavy (non-hydrogen) atoms. The summed E-state index contributed by atoms with van der Waals surface area (Å²) in [7, 11) is 1.73. The molecule has 4 rings (SSSR count). The second kappa shape index (κ2) is 12.5. The first kappa shape index (κ1) is 27.1. The first-order valence-electron chi connectivity index (χ1n) is 13.3. The number of rotatable bonds is 1. The number of nitrogens with zero attached hydrogens (tertiary/aromatic N) is 2. The van der Waals surface area contributed by atoms with Gasteiger partial charge in [0.1, 0.15) is 12.4 Å². The van der Waals surface area contributed by atoms with Crippen molar-refractivity contribution in [1.29, 1.82) is 0 Å². The molecule has 6 nitrogen and oxygen atoms in total. The second-order valence-electron chi connectivity index (χ2n) is 10.2. The number of carboxylic acid groups (broad SMARTS) is 1. The van der Waals surface area contributed by atoms with Gasteiger partial charge in [-0.15, -0.1) is 0 Å². The van der Waals surface area contributed by atoms with Crippen molar-refractivity contribution < 1.29 is 19.4 Å². The average Bonchev–Trinajstić information content (AvgIpc) is 2.90. The fourth-order valence-electron chi connectivity index (χ4n) is 5.33. The summed E-state index contributed by atoms with van der Waals surface area (Å²) < 4.78 is 6.38. The summed E-state index contributed by atoms with van der Waals surface area (Å²) in [6, 6.07) is 11.6. The maximum Gasteiger partial charge on any atom is 0.311 e. The minimum atomic E-state index is -0.996. The van der Waals surface area contributed by atoms with E-state index in [1.807, 2.05) is 36.4 Å². The molecule has 2 bridgehead atoms. The summed E-state index contributed by atoms with van der Waals surface area (Å²) in [6.45, 7) is 4.32. The van der Waals surface area contributed by atoms with Crippen molar-refractivity contribution in [3.05, 3.63) is 70.3 Å². The number of anilines is 1. The van der Waals surface area contributed by atoms with Crippen LogP contribution in [-0.4, -0.2) is 48.6 Å². The molecule has 198 valence electrons. The Kier molecular flexibility index (Phi) is 9.14. The lowest BCUT2D eigenvalue weighted by atomic mass is 9.86. The van der Waals surface area contributed by atoms with Crippen molar-refractivity contribution in [3.63, 3.8) is 0 Å². The molecule has 2 atom stereocenters. The molecular weight excluding hydrogens is 488 g/mol. The number of aliphatic carboxylic acids is 1. The van der Waals surface area contributed by atoms with Crippen LogP contribution in [0.4, 0.5) is 5.69 Å². The maximum atomic E-state index is 13.1. The molecule has 0 aromatic heterocycles. The molecular formula is C30H37ClN2O4. The predicted octanol–water partition coefficient (Wildman–Crippen LogP) is 6.06. The number of fused-ring (bicyclic) bond motifs is 2. The zero-order valence-electron chi connectivity index (χ0n) is 21.8. The van der Waals surface area contributed by atoms with E-state index in [1.54, 1.807) is 24.9 Å². The van der Waals surface area contributed by atoms with Crippen molar-refractivity contribution in [1.82, 2.24) is 4.90 Å². The molecule has 0 aliphatic carbocycles. The van der Waals surface area contributed by atoms with Crippen molar-refractivity contribution in [2.75, 3.05) is 31.6 Å². The Morgan fingerprint density at radius 3 is 2.59 bits per heavy atom. The summed E-state index contributed by atoms with van der Waals surface area (Å²) in [6.07, 6.45) is 10.1. The minimum absolute atomic E-state index is 0.174. The minimum Gasteiger partial charge on any atom is -0.487 e. The van der Waals surface area contributed by atoms with Crippen molar-refractivity contribution >= 4 is 29.2 Å². The van der Waals surface area contributed by atoms with E-state index in [0.717, 1.165) is 73.6 Å². The van der Waals surface area contributed by atoms with Gasteiger partial charge >= 0.3 is 5.97 Å². The molecule has 0 saturated carbocycles. The van der Waals surface area contributed by atoms with Gasteiger partial charge in [-0.2, -0.15) is 0 Å². The molecule has 1 amide bonds. The number of ether oxygens (including phenoxy) is 1. The summed E-state index contributed by atoms with van der Waals surface area (Å²) in [5.41, 5.74) is 3.85. The van der Waals surface area contributed by atoms with E-state index < -0.39 is 17.8 Å². The van der Waals surface area contributed by atoms with Gasteiger partial charge < -0.3 is 19.6 Å². The van der Waals surface area contributed by atoms with Crippen molar-refractivity contribution in [3.8, 4) is 5.75 Å². The molecule has 7 heteroatoms. The third-order valence-corrected chi connectivity index (χ3v) is 7.72. The van der Waals surface area contributed by atoms with Crippen molar-refractivity contribution in [2.24, 2.45) is 5.92 Å². The highest BCUT2D eigenvalue weighted by atomic mass is 35.5. The number of likely N-dealkylation sites (N-methyl/N-ethyl adjacent to an activating group) is 1. The van der Waals surface area contributed by atoms with Gasteiger partial charge in [0.2, 0.25) is 5.91 Å². The Labute approximate surface area is 224 Å². The topological polar surface area (TPSA) is 70.1 Å². The fraction of sp³-hybridized carbons (Fsp3) is 0.467. The Bertz CT molecular complexity index is 1150. The number of carboxylic acids is 1. The number of carbonyl (C=O) groups excluding carboxylic acids is 1. The number of carbonyl (C=O) groups is 2. The summed E-state index contributed by atoms with van der Waals surface area (Å²) >= 11 is 6.28. The quantitative estimate of drug-likeness (QED) is 0.459. The third-order valence-electron chi connectivity index (χ3n) is 7.48. The van der Waals surface area contributed by atoms with Crippen LogP contribution in [0, 0.1) is 5.92 Å². The van der Waals surface area contributed by atoms with Crippen LogP contribution in [0.2, 0.25) is 5.02 Å². The highest BCUT2D eigenvalue weighted by Crippen LogP contribution is 2.37. The molecule has 0 saturated heterocycles. The highest BCUT2D eigenvalue weighted by Gasteiger charge is 2.34. The lowest BCUT2D eigenvalue weighted by Crippen LogP contribution is -2.37. The molecule has 2 aliphatic rings. The van der Waals surface area contributed by atoms with Crippen LogP contribution in [-0.2, 0) is 22.6 Å². The second-order valence-corrected chi connectivity index (χ2v) is 10.6. The number of halogens is 1. The predicted molar refractivity (Wildman–Crippen MR) is 148 cm³/mol. The molecule has 2 aromatic rings. The summed E-state index contributed by atoms with van der Waals surface area (Å²) in [5.74, 6) is -2.09. The monoisotopic (exact) mass is 524 g/mol. The maximum absolute atomic E-state index is 13.1. The van der Waals surface area contributed by atoms with E-state index in [4.69, 9.17) is 16.3 Å². The number of allylic oxidation sites excluding steroid dienone is 1. The van der Waals surface area contributed by atoms with Gasteiger partial charge in [0, 0.05) is 31.7 Å². The Morgan fingerprint density at radius 2 is 1.81 bits per heavy atom. The Balaban J connectivity index is 1.76. The normalized spacial score (nSPS) is 22.5. The van der Waals surface area contributed by atoms with Gasteiger partial charge in [0.05, 0.1) is 17.5 Å². The largest absolute Gasteiger partial charge is 0.487 e. The molecule has 0 unspecified atom stereocenters.